The van der Waals surface area contributed by atoms with Crippen LogP contribution in [0.3, 0.4) is 0 Å². The van der Waals surface area contributed by atoms with Crippen LogP contribution in [0.25, 0.3) is 0 Å². The van der Waals surface area contributed by atoms with Gasteiger partial charge in [-0.05, 0) is 0 Å². The number of carboxylic acids is 2. The van der Waals surface area contributed by atoms with Gasteiger partial charge in [-0.25, -0.2) is 0 Å². The number of aliphatic carboxylic acids is 2. The van der Waals surface area contributed by atoms with Gasteiger partial charge in [-0.3, -0.25) is 0 Å². The Bertz CT molecular complexity index is 142. The van der Waals surface area contributed by atoms with Crippen LogP contribution in [0.15, 0.2) is 0 Å². The zero-order valence-electron chi connectivity index (χ0n) is 6.20. The fraction of sp³-hybridized carbons (Fsp3) is 0.500. The Morgan fingerprint density at radius 3 is 1.82 bits per heavy atom. The molecule has 52 valence electrons. The van der Waals surface area contributed by atoms with E-state index in [9.17, 15) is 19.8 Å². The smallest absolute Gasteiger partial charge is 0.550 e. The molecule has 0 fully saturated rings. The molecule has 1 atom stereocenters. The second-order valence-electron chi connectivity index (χ2n) is 1.50. The summed E-state index contributed by atoms with van der Waals surface area (Å²) < 4.78 is 0. The van der Waals surface area contributed by atoms with Crippen molar-refractivity contribution < 1.29 is 71.2 Å². The summed E-state index contributed by atoms with van der Waals surface area (Å²) in [6.07, 6.45) is -0.706. The van der Waals surface area contributed by atoms with Crippen LogP contribution in [0.2, 0.25) is 0 Å². The third-order valence-corrected chi connectivity index (χ3v) is 0.689. The van der Waals surface area contributed by atoms with Crippen LogP contribution in [0.5, 0.6) is 0 Å². The van der Waals surface area contributed by atoms with Gasteiger partial charge < -0.3 is 25.5 Å². The molecule has 0 aliphatic rings. The third kappa shape index (κ3) is 11.3. The maximum atomic E-state index is 9.71. The molecule has 0 saturated heterocycles. The molecule has 0 unspecified atom stereocenters. The molecule has 0 amide bonds. The van der Waals surface area contributed by atoms with Gasteiger partial charge in [0.1, 0.15) is 0 Å². The minimum atomic E-state index is -1.58. The number of nitrogens with two attached hydrogens (primary N) is 1. The predicted molar refractivity (Wildman–Crippen MR) is 28.4 cm³/mol. The Labute approximate surface area is 122 Å². The van der Waals surface area contributed by atoms with Crippen molar-refractivity contribution in [3.63, 3.8) is 0 Å². The Morgan fingerprint density at radius 1 is 1.36 bits per heavy atom. The van der Waals surface area contributed by atoms with Crippen molar-refractivity contribution in [2.45, 2.75) is 12.5 Å². The minimum Gasteiger partial charge on any atom is -0.550 e. The van der Waals surface area contributed by atoms with Crippen LogP contribution in [-0.4, -0.2) is 41.0 Å². The fourth-order valence-corrected chi connectivity index (χ4v) is 0.263. The largest absolute Gasteiger partial charge is 2.00 e. The molecular weight excluding hydrogens is 189 g/mol. The normalized spacial score (nSPS) is 10.3. The average molecular weight is 194 g/mol. The first-order valence-corrected chi connectivity index (χ1v) is 2.20. The quantitative estimate of drug-likeness (QED) is 0.449. The van der Waals surface area contributed by atoms with Crippen molar-refractivity contribution in [2.75, 3.05) is 0 Å². The van der Waals surface area contributed by atoms with Crippen molar-refractivity contribution in [1.82, 2.24) is 0 Å². The molecule has 0 aromatic carbocycles. The zero-order chi connectivity index (χ0) is 7.44. The van der Waals surface area contributed by atoms with Crippen LogP contribution in [0.4, 0.5) is 0 Å². The molecule has 5 nitrogen and oxygen atoms in total. The maximum absolute atomic E-state index is 9.71. The van der Waals surface area contributed by atoms with Crippen molar-refractivity contribution >= 4 is 35.0 Å². The molecule has 0 aliphatic carbocycles. The summed E-state index contributed by atoms with van der Waals surface area (Å²) in [7, 11) is 0. The zero-order valence-corrected chi connectivity index (χ0v) is 10.7. The fourth-order valence-electron chi connectivity index (χ4n) is 0.263. The summed E-state index contributed by atoms with van der Waals surface area (Å²) >= 11 is 0. The van der Waals surface area contributed by atoms with Crippen molar-refractivity contribution in [2.24, 2.45) is 5.73 Å². The number of hydrogen-bond acceptors (Lipinski definition) is 5. The molecule has 0 rings (SSSR count). The van der Waals surface area contributed by atoms with E-state index in [1.807, 2.05) is 0 Å². The molecule has 0 saturated carbocycles. The predicted octanol–water partition coefficient (Wildman–Crippen LogP) is -7.17. The SMILES string of the molecule is N[C@@H](CC(=O)[O-])C(=O)[O-].[K+].[Mg+2]. The van der Waals surface area contributed by atoms with Gasteiger partial charge >= 0.3 is 74.4 Å². The molecule has 0 aromatic rings. The molecule has 0 radical (unpaired) electrons. The first-order valence-electron chi connectivity index (χ1n) is 2.20. The number of rotatable bonds is 3. The second-order valence-corrected chi connectivity index (χ2v) is 1.50. The summed E-state index contributed by atoms with van der Waals surface area (Å²) in [6.45, 7) is 0. The van der Waals surface area contributed by atoms with E-state index in [-0.39, 0.29) is 74.4 Å². The summed E-state index contributed by atoms with van der Waals surface area (Å²) in [6, 6.07) is -1.46. The van der Waals surface area contributed by atoms with Gasteiger partial charge in [0.05, 0.1) is 5.97 Å². The topological polar surface area (TPSA) is 106 Å². The van der Waals surface area contributed by atoms with Crippen LogP contribution in [0.1, 0.15) is 6.42 Å². The van der Waals surface area contributed by atoms with Crippen LogP contribution in [0, 0.1) is 0 Å². The summed E-state index contributed by atoms with van der Waals surface area (Å²) in [4.78, 5) is 19.3. The molecule has 0 bridgehead atoms. The Morgan fingerprint density at radius 2 is 1.73 bits per heavy atom. The van der Waals surface area contributed by atoms with Gasteiger partial charge in [-0.15, -0.1) is 0 Å². The molecule has 2 N–H and O–H groups in total. The first kappa shape index (κ1) is 18.2. The molecule has 0 spiro atoms. The Kier molecular flexibility index (Phi) is 15.5. The van der Waals surface area contributed by atoms with E-state index in [0.717, 1.165) is 0 Å². The molecule has 7 heteroatoms. The van der Waals surface area contributed by atoms with Crippen LogP contribution < -0.4 is 67.3 Å². The van der Waals surface area contributed by atoms with Gasteiger partial charge in [-0.2, -0.15) is 0 Å². The van der Waals surface area contributed by atoms with E-state index >= 15 is 0 Å². The van der Waals surface area contributed by atoms with Crippen LogP contribution in [-0.2, 0) is 9.59 Å². The van der Waals surface area contributed by atoms with E-state index in [1.54, 1.807) is 0 Å². The van der Waals surface area contributed by atoms with Crippen molar-refractivity contribution in [3.8, 4) is 0 Å². The van der Waals surface area contributed by atoms with Crippen LogP contribution >= 0.6 is 0 Å². The first-order chi connectivity index (χ1) is 4.04. The van der Waals surface area contributed by atoms with E-state index in [1.165, 1.54) is 0 Å². The summed E-state index contributed by atoms with van der Waals surface area (Å²) in [5.41, 5.74) is 4.73. The standard InChI is InChI=1S/C4H7NO4.K.Mg/c5-2(4(8)9)1-3(6)7;;/h2H,1,5H2,(H,6,7)(H,8,9);;/q;+1;+2/p-2/t2-;;/m0../s1. The monoisotopic (exact) mass is 194 g/mol. The van der Waals surface area contributed by atoms with Gasteiger partial charge in [0, 0.05) is 18.4 Å². The van der Waals surface area contributed by atoms with E-state index in [2.05, 4.69) is 0 Å². The summed E-state index contributed by atoms with van der Waals surface area (Å²) in [5, 5.41) is 19.3. The Hall–Kier alpha value is 1.30. The van der Waals surface area contributed by atoms with Crippen molar-refractivity contribution in [3.05, 3.63) is 0 Å². The number of carbonyl (C=O) groups is 2. The number of carbonyl (C=O) groups excluding carboxylic acids is 2. The summed E-state index contributed by atoms with van der Waals surface area (Å²) in [5.74, 6) is -3.08. The minimum absolute atomic E-state index is 0. The second kappa shape index (κ2) is 9.39. The van der Waals surface area contributed by atoms with Gasteiger partial charge in [-0.1, -0.05) is 0 Å². The number of hydrogen-bond donors (Lipinski definition) is 1. The number of carboxylic acid groups (broad SMARTS) is 2. The van der Waals surface area contributed by atoms with Gasteiger partial charge in [0.2, 0.25) is 0 Å². The van der Waals surface area contributed by atoms with Crippen molar-refractivity contribution in [1.29, 1.82) is 0 Å². The van der Waals surface area contributed by atoms with Gasteiger partial charge in [0.15, 0.2) is 0 Å². The Balaban J connectivity index is -0.000000320. The third-order valence-electron chi connectivity index (χ3n) is 0.689. The maximum Gasteiger partial charge on any atom is 2.00 e. The van der Waals surface area contributed by atoms with E-state index in [4.69, 9.17) is 5.73 Å². The average Bonchev–Trinajstić information content (AvgIpc) is 1.63. The van der Waals surface area contributed by atoms with E-state index < -0.39 is 24.4 Å². The van der Waals surface area contributed by atoms with E-state index in [0.29, 0.717) is 0 Å². The molecule has 11 heavy (non-hydrogen) atoms. The molecule has 0 aromatic heterocycles. The van der Waals surface area contributed by atoms with Gasteiger partial charge in [0.25, 0.3) is 0 Å². The molecule has 0 heterocycles. The molecular formula is C4H5KMgNO4+. The molecule has 0 aliphatic heterocycles.